The van der Waals surface area contributed by atoms with Gasteiger partial charge in [-0.25, -0.2) is 4.98 Å². The Hall–Kier alpha value is -0.870. The Morgan fingerprint density at radius 1 is 1.57 bits per heavy atom. The van der Waals surface area contributed by atoms with Crippen LogP contribution in [0.3, 0.4) is 0 Å². The lowest BCUT2D eigenvalue weighted by Crippen LogP contribution is -2.11. The highest BCUT2D eigenvalue weighted by Gasteiger charge is 2.00. The zero-order chi connectivity index (χ0) is 9.97. The van der Waals surface area contributed by atoms with Crippen molar-refractivity contribution < 1.29 is 0 Å². The van der Waals surface area contributed by atoms with Gasteiger partial charge in [0.1, 0.15) is 10.3 Å². The zero-order valence-electron chi connectivity index (χ0n) is 8.00. The second-order valence-electron chi connectivity index (χ2n) is 3.12. The van der Waals surface area contributed by atoms with Gasteiger partial charge in [-0.05, 0) is 40.2 Å². The van der Waals surface area contributed by atoms with Crippen LogP contribution >= 0.6 is 15.9 Å². The molecule has 2 aromatic heterocycles. The first kappa shape index (κ1) is 9.68. The molecule has 0 bridgehead atoms. The molecular weight excluding hydrogens is 242 g/mol. The topological polar surface area (TPSA) is 29.3 Å². The first-order valence-corrected chi connectivity index (χ1v) is 5.42. The second kappa shape index (κ2) is 4.11. The van der Waals surface area contributed by atoms with E-state index >= 15 is 0 Å². The summed E-state index contributed by atoms with van der Waals surface area (Å²) in [5.41, 5.74) is 2.24. The molecular formula is C10H12BrN3. The van der Waals surface area contributed by atoms with E-state index < -0.39 is 0 Å². The number of aromatic nitrogens is 2. The van der Waals surface area contributed by atoms with Crippen LogP contribution in [0.5, 0.6) is 0 Å². The third-order valence-corrected chi connectivity index (χ3v) is 2.70. The van der Waals surface area contributed by atoms with Crippen LogP contribution in [0.2, 0.25) is 0 Å². The smallest absolute Gasteiger partial charge is 0.137 e. The zero-order valence-corrected chi connectivity index (χ0v) is 9.58. The van der Waals surface area contributed by atoms with Crippen molar-refractivity contribution in [3.8, 4) is 0 Å². The Morgan fingerprint density at radius 2 is 2.43 bits per heavy atom. The monoisotopic (exact) mass is 253 g/mol. The Morgan fingerprint density at radius 3 is 3.21 bits per heavy atom. The first-order chi connectivity index (χ1) is 6.81. The van der Waals surface area contributed by atoms with Gasteiger partial charge in [0.2, 0.25) is 0 Å². The van der Waals surface area contributed by atoms with Gasteiger partial charge in [-0.1, -0.05) is 6.92 Å². The van der Waals surface area contributed by atoms with Gasteiger partial charge >= 0.3 is 0 Å². The fraction of sp³-hybridized carbons (Fsp3) is 0.300. The van der Waals surface area contributed by atoms with Crippen molar-refractivity contribution in [1.29, 1.82) is 0 Å². The molecule has 0 aliphatic carbocycles. The molecule has 74 valence electrons. The maximum Gasteiger partial charge on any atom is 0.137 e. The maximum atomic E-state index is 4.28. The molecule has 0 saturated carbocycles. The molecule has 1 N–H and O–H groups in total. The van der Waals surface area contributed by atoms with Gasteiger partial charge in [0.05, 0.1) is 6.20 Å². The van der Waals surface area contributed by atoms with Gasteiger partial charge in [-0.3, -0.25) is 4.40 Å². The molecule has 2 rings (SSSR count). The number of nitrogens with one attached hydrogen (secondary N) is 1. The molecule has 0 unspecified atom stereocenters. The number of hydrogen-bond donors (Lipinski definition) is 1. The Balaban J connectivity index is 2.32. The molecule has 14 heavy (non-hydrogen) atoms. The predicted molar refractivity (Wildman–Crippen MR) is 60.3 cm³/mol. The normalized spacial score (nSPS) is 11.0. The van der Waals surface area contributed by atoms with Crippen molar-refractivity contribution in [1.82, 2.24) is 14.7 Å². The van der Waals surface area contributed by atoms with E-state index in [1.165, 1.54) is 5.56 Å². The quantitative estimate of drug-likeness (QED) is 0.909. The molecule has 2 heterocycles. The first-order valence-electron chi connectivity index (χ1n) is 4.63. The summed E-state index contributed by atoms with van der Waals surface area (Å²) in [5.74, 6) is 0. The van der Waals surface area contributed by atoms with E-state index in [0.717, 1.165) is 23.3 Å². The van der Waals surface area contributed by atoms with E-state index in [-0.39, 0.29) is 0 Å². The van der Waals surface area contributed by atoms with Gasteiger partial charge in [-0.2, -0.15) is 0 Å². The summed E-state index contributed by atoms with van der Waals surface area (Å²) in [5, 5.41) is 3.29. The Bertz CT molecular complexity index is 436. The summed E-state index contributed by atoms with van der Waals surface area (Å²) in [6.45, 7) is 3.99. The van der Waals surface area contributed by atoms with Crippen LogP contribution in [0.1, 0.15) is 12.5 Å². The number of hydrogen-bond acceptors (Lipinski definition) is 2. The van der Waals surface area contributed by atoms with Crippen LogP contribution in [0.15, 0.2) is 29.1 Å². The molecule has 0 amide bonds. The minimum atomic E-state index is 0.900. The molecule has 4 heteroatoms. The van der Waals surface area contributed by atoms with E-state index in [4.69, 9.17) is 0 Å². The molecule has 0 saturated heterocycles. The number of pyridine rings is 1. The number of imidazole rings is 1. The van der Waals surface area contributed by atoms with Crippen molar-refractivity contribution >= 4 is 21.6 Å². The van der Waals surface area contributed by atoms with Gasteiger partial charge in [0.25, 0.3) is 0 Å². The highest BCUT2D eigenvalue weighted by molar-refractivity contribution is 9.10. The summed E-state index contributed by atoms with van der Waals surface area (Å²) in [7, 11) is 0. The van der Waals surface area contributed by atoms with Crippen LogP contribution in [0, 0.1) is 0 Å². The lowest BCUT2D eigenvalue weighted by atomic mass is 10.2. The average molecular weight is 254 g/mol. The molecule has 0 aliphatic rings. The van der Waals surface area contributed by atoms with Crippen LogP contribution in [-0.4, -0.2) is 15.9 Å². The molecule has 0 radical (unpaired) electrons. The van der Waals surface area contributed by atoms with Gasteiger partial charge in [-0.15, -0.1) is 0 Å². The number of nitrogens with zero attached hydrogens (tertiary/aromatic N) is 2. The number of rotatable bonds is 3. The van der Waals surface area contributed by atoms with Gasteiger partial charge < -0.3 is 5.32 Å². The van der Waals surface area contributed by atoms with Crippen molar-refractivity contribution in [3.63, 3.8) is 0 Å². The summed E-state index contributed by atoms with van der Waals surface area (Å²) in [6, 6.07) is 4.19. The van der Waals surface area contributed by atoms with Crippen molar-refractivity contribution in [2.24, 2.45) is 0 Å². The fourth-order valence-electron chi connectivity index (χ4n) is 1.37. The van der Waals surface area contributed by atoms with Crippen LogP contribution in [0.4, 0.5) is 0 Å². The molecule has 0 aromatic carbocycles. The van der Waals surface area contributed by atoms with Crippen molar-refractivity contribution in [3.05, 3.63) is 34.7 Å². The molecule has 3 nitrogen and oxygen atoms in total. The summed E-state index contributed by atoms with van der Waals surface area (Å²) in [6.07, 6.45) is 3.84. The SMILES string of the molecule is CCNCc1ccn2c(Br)cnc2c1. The van der Waals surface area contributed by atoms with Crippen LogP contribution in [-0.2, 0) is 6.54 Å². The van der Waals surface area contributed by atoms with E-state index in [1.54, 1.807) is 0 Å². The Labute approximate surface area is 91.3 Å². The standard InChI is InChI=1S/C10H12BrN3/c1-2-12-6-8-3-4-14-9(11)7-13-10(14)5-8/h3-5,7,12H,2,6H2,1H3. The lowest BCUT2D eigenvalue weighted by molar-refractivity contribution is 0.726. The van der Waals surface area contributed by atoms with E-state index in [9.17, 15) is 0 Å². The second-order valence-corrected chi connectivity index (χ2v) is 3.94. The van der Waals surface area contributed by atoms with E-state index in [0.29, 0.717) is 0 Å². The average Bonchev–Trinajstić information content (AvgIpc) is 2.57. The van der Waals surface area contributed by atoms with Crippen molar-refractivity contribution in [2.75, 3.05) is 6.54 Å². The highest BCUT2D eigenvalue weighted by Crippen LogP contribution is 2.13. The summed E-state index contributed by atoms with van der Waals surface area (Å²) >= 11 is 3.43. The summed E-state index contributed by atoms with van der Waals surface area (Å²) < 4.78 is 3.00. The fourth-order valence-corrected chi connectivity index (χ4v) is 1.77. The minimum Gasteiger partial charge on any atom is -0.313 e. The van der Waals surface area contributed by atoms with E-state index in [2.05, 4.69) is 45.3 Å². The highest BCUT2D eigenvalue weighted by atomic mass is 79.9. The maximum absolute atomic E-state index is 4.28. The molecule has 0 spiro atoms. The largest absolute Gasteiger partial charge is 0.313 e. The molecule has 2 aromatic rings. The third-order valence-electron chi connectivity index (χ3n) is 2.11. The molecule has 0 fully saturated rings. The van der Waals surface area contributed by atoms with E-state index in [1.807, 2.05) is 16.8 Å². The van der Waals surface area contributed by atoms with Crippen LogP contribution in [0.25, 0.3) is 5.65 Å². The lowest BCUT2D eigenvalue weighted by Gasteiger charge is -2.02. The van der Waals surface area contributed by atoms with Gasteiger partial charge in [0.15, 0.2) is 0 Å². The Kier molecular flexibility index (Phi) is 2.84. The number of halogens is 1. The predicted octanol–water partition coefficient (Wildman–Crippen LogP) is 2.21. The molecule has 0 atom stereocenters. The van der Waals surface area contributed by atoms with Crippen molar-refractivity contribution in [2.45, 2.75) is 13.5 Å². The van der Waals surface area contributed by atoms with Gasteiger partial charge in [0, 0.05) is 12.7 Å². The molecule has 0 aliphatic heterocycles. The number of fused-ring (bicyclic) bond motifs is 1. The third kappa shape index (κ3) is 1.81. The van der Waals surface area contributed by atoms with Crippen LogP contribution < -0.4 is 5.32 Å². The minimum absolute atomic E-state index is 0.900. The summed E-state index contributed by atoms with van der Waals surface area (Å²) in [4.78, 5) is 4.28.